The normalized spacial score (nSPS) is 20.3. The van der Waals surface area contributed by atoms with Crippen LogP contribution in [-0.4, -0.2) is 39.1 Å². The number of anilines is 1. The summed E-state index contributed by atoms with van der Waals surface area (Å²) in [6.07, 6.45) is 0.135. The van der Waals surface area contributed by atoms with Gasteiger partial charge in [0.05, 0.1) is 38.5 Å². The van der Waals surface area contributed by atoms with Gasteiger partial charge in [-0.15, -0.1) is 0 Å². The number of hydrogen-bond acceptors (Lipinski definition) is 8. The molecule has 1 aliphatic carbocycles. The predicted molar refractivity (Wildman–Crippen MR) is 154 cm³/mol. The number of halogens is 2. The Labute approximate surface area is 247 Å². The van der Waals surface area contributed by atoms with Crippen LogP contribution in [-0.2, 0) is 23.9 Å². The minimum Gasteiger partial charge on any atom is -0.497 e. The van der Waals surface area contributed by atoms with Crippen LogP contribution in [0.3, 0.4) is 0 Å². The molecule has 0 unspecified atom stereocenters. The molecular weight excluding hydrogens is 563 g/mol. The summed E-state index contributed by atoms with van der Waals surface area (Å²) in [6.45, 7) is 0. The zero-order chi connectivity index (χ0) is 30.1. The molecule has 0 bridgehead atoms. The average Bonchev–Trinajstić information content (AvgIpc) is 2.99. The number of nitrogens with zero attached hydrogens (tertiary/aromatic N) is 1. The van der Waals surface area contributed by atoms with Gasteiger partial charge in [0.25, 0.3) is 0 Å². The Bertz CT molecular complexity index is 1630. The first kappa shape index (κ1) is 28.9. The van der Waals surface area contributed by atoms with Crippen LogP contribution in [0.4, 0.5) is 10.1 Å². The number of rotatable bonds is 6. The molecule has 0 amide bonds. The fourth-order valence-corrected chi connectivity index (χ4v) is 6.03. The standard InChI is InChI=1S/C32H28ClFN2O6/c1-40-22-12-10-17(11-13-22)23-16-24-27(29(37)26(23)31(38)41-2)25(18-6-4-7-19(33)14-18)28(32(39)42-3)30(35)36(24)21-9-5-8-20(34)15-21/h4-15,23,25-26H,16,35H2,1-3H3/t23-,25-,26+/m0/s1. The number of carbonyl (C=O) groups is 3. The Morgan fingerprint density at radius 3 is 2.29 bits per heavy atom. The Morgan fingerprint density at radius 1 is 0.952 bits per heavy atom. The Balaban J connectivity index is 1.82. The number of ether oxygens (including phenoxy) is 3. The van der Waals surface area contributed by atoms with Crippen molar-refractivity contribution in [3.05, 3.63) is 117 Å². The quantitative estimate of drug-likeness (QED) is 0.307. The van der Waals surface area contributed by atoms with Gasteiger partial charge >= 0.3 is 11.9 Å². The molecule has 5 rings (SSSR count). The number of Topliss-reactive ketones (excluding diaryl/α,β-unsaturated/α-hetero) is 1. The second-order valence-electron chi connectivity index (χ2n) is 9.90. The van der Waals surface area contributed by atoms with Gasteiger partial charge in [-0.2, -0.15) is 0 Å². The minimum absolute atomic E-state index is 0.0334. The summed E-state index contributed by atoms with van der Waals surface area (Å²) < 4.78 is 30.1. The van der Waals surface area contributed by atoms with Gasteiger partial charge in [0.1, 0.15) is 23.3 Å². The summed E-state index contributed by atoms with van der Waals surface area (Å²) in [5.41, 5.74) is 8.75. The molecule has 3 aromatic rings. The molecule has 0 saturated heterocycles. The zero-order valence-corrected chi connectivity index (χ0v) is 23.9. The number of methoxy groups -OCH3 is 3. The number of allylic oxidation sites excluding steroid dienone is 2. The molecule has 1 heterocycles. The molecule has 0 spiro atoms. The first-order valence-electron chi connectivity index (χ1n) is 13.1. The summed E-state index contributed by atoms with van der Waals surface area (Å²) in [5, 5.41) is 0.369. The van der Waals surface area contributed by atoms with E-state index in [9.17, 15) is 18.8 Å². The molecule has 8 nitrogen and oxygen atoms in total. The van der Waals surface area contributed by atoms with Gasteiger partial charge < -0.3 is 19.9 Å². The van der Waals surface area contributed by atoms with E-state index in [0.29, 0.717) is 33.3 Å². The molecule has 0 saturated carbocycles. The SMILES string of the molecule is COC(=O)C1=C(N)N(c2cccc(F)c2)C2=C(C(=O)[C@H](C(=O)OC)[C@H](c3ccc(OC)cc3)C2)[C@@H]1c1cccc(Cl)c1. The van der Waals surface area contributed by atoms with Crippen molar-refractivity contribution in [1.29, 1.82) is 0 Å². The third kappa shape index (κ3) is 5.00. The van der Waals surface area contributed by atoms with Crippen LogP contribution in [0.5, 0.6) is 5.75 Å². The van der Waals surface area contributed by atoms with Crippen molar-refractivity contribution < 1.29 is 33.0 Å². The molecular formula is C32H28ClFN2O6. The van der Waals surface area contributed by atoms with E-state index in [1.807, 2.05) is 0 Å². The summed E-state index contributed by atoms with van der Waals surface area (Å²) in [7, 11) is 3.96. The summed E-state index contributed by atoms with van der Waals surface area (Å²) in [6, 6.07) is 19.4. The first-order chi connectivity index (χ1) is 20.2. The number of esters is 2. The number of ketones is 1. The fraction of sp³-hybridized carbons (Fsp3) is 0.219. The highest BCUT2D eigenvalue weighted by atomic mass is 35.5. The third-order valence-corrected chi connectivity index (χ3v) is 7.93. The number of benzene rings is 3. The van der Waals surface area contributed by atoms with Crippen molar-refractivity contribution >= 4 is 35.0 Å². The van der Waals surface area contributed by atoms with Crippen LogP contribution in [0.25, 0.3) is 0 Å². The van der Waals surface area contributed by atoms with Crippen LogP contribution in [0.15, 0.2) is 95.5 Å². The van der Waals surface area contributed by atoms with E-state index in [0.717, 1.165) is 0 Å². The molecule has 0 fully saturated rings. The van der Waals surface area contributed by atoms with Crippen LogP contribution in [0, 0.1) is 11.7 Å². The molecule has 3 aromatic carbocycles. The molecule has 2 aliphatic rings. The highest BCUT2D eigenvalue weighted by Gasteiger charge is 2.51. The maximum Gasteiger partial charge on any atom is 0.338 e. The zero-order valence-electron chi connectivity index (χ0n) is 23.1. The minimum atomic E-state index is -1.24. The summed E-state index contributed by atoms with van der Waals surface area (Å²) in [5.74, 6) is -4.97. The van der Waals surface area contributed by atoms with Crippen molar-refractivity contribution in [3.63, 3.8) is 0 Å². The van der Waals surface area contributed by atoms with E-state index in [4.69, 9.17) is 31.5 Å². The monoisotopic (exact) mass is 590 g/mol. The van der Waals surface area contributed by atoms with E-state index in [2.05, 4.69) is 0 Å². The van der Waals surface area contributed by atoms with E-state index in [1.165, 1.54) is 44.4 Å². The topological polar surface area (TPSA) is 108 Å². The lowest BCUT2D eigenvalue weighted by Crippen LogP contribution is -2.46. The lowest BCUT2D eigenvalue weighted by molar-refractivity contribution is -0.150. The highest BCUT2D eigenvalue weighted by Crippen LogP contribution is 2.51. The first-order valence-corrected chi connectivity index (χ1v) is 13.5. The molecule has 1 aliphatic heterocycles. The summed E-state index contributed by atoms with van der Waals surface area (Å²) in [4.78, 5) is 42.7. The van der Waals surface area contributed by atoms with Gasteiger partial charge in [0.15, 0.2) is 5.78 Å². The van der Waals surface area contributed by atoms with E-state index in [1.54, 1.807) is 54.6 Å². The van der Waals surface area contributed by atoms with Gasteiger partial charge in [0, 0.05) is 22.2 Å². The van der Waals surface area contributed by atoms with Crippen LogP contribution in [0.2, 0.25) is 5.02 Å². The molecule has 2 N–H and O–H groups in total. The van der Waals surface area contributed by atoms with Crippen molar-refractivity contribution in [1.82, 2.24) is 0 Å². The molecule has 42 heavy (non-hydrogen) atoms. The van der Waals surface area contributed by atoms with Crippen molar-refractivity contribution in [2.45, 2.75) is 18.3 Å². The second kappa shape index (κ2) is 11.7. The maximum absolute atomic E-state index is 14.6. The molecule has 0 radical (unpaired) electrons. The summed E-state index contributed by atoms with van der Waals surface area (Å²) >= 11 is 6.34. The van der Waals surface area contributed by atoms with Crippen LogP contribution in [0.1, 0.15) is 29.4 Å². The Hall–Kier alpha value is -4.63. The van der Waals surface area contributed by atoms with Crippen molar-refractivity contribution in [2.75, 3.05) is 26.2 Å². The van der Waals surface area contributed by atoms with Gasteiger partial charge in [0.2, 0.25) is 0 Å². The lowest BCUT2D eigenvalue weighted by atomic mass is 9.67. The highest BCUT2D eigenvalue weighted by molar-refractivity contribution is 6.30. The lowest BCUT2D eigenvalue weighted by Gasteiger charge is -2.44. The van der Waals surface area contributed by atoms with Gasteiger partial charge in [-0.3, -0.25) is 14.5 Å². The van der Waals surface area contributed by atoms with Crippen molar-refractivity contribution in [3.8, 4) is 5.75 Å². The van der Waals surface area contributed by atoms with E-state index < -0.39 is 41.3 Å². The molecule has 3 atom stereocenters. The second-order valence-corrected chi connectivity index (χ2v) is 10.3. The van der Waals surface area contributed by atoms with E-state index >= 15 is 0 Å². The van der Waals surface area contributed by atoms with Gasteiger partial charge in [-0.05, 0) is 60.0 Å². The smallest absolute Gasteiger partial charge is 0.338 e. The Kier molecular flexibility index (Phi) is 8.04. The van der Waals surface area contributed by atoms with Crippen molar-refractivity contribution in [2.24, 2.45) is 11.7 Å². The number of hydrogen-bond donors (Lipinski definition) is 1. The Morgan fingerprint density at radius 2 is 1.67 bits per heavy atom. The molecule has 216 valence electrons. The average molecular weight is 591 g/mol. The maximum atomic E-state index is 14.6. The van der Waals surface area contributed by atoms with Gasteiger partial charge in [-0.25, -0.2) is 9.18 Å². The predicted octanol–water partition coefficient (Wildman–Crippen LogP) is 5.23. The van der Waals surface area contributed by atoms with Crippen LogP contribution >= 0.6 is 11.6 Å². The number of nitrogens with two attached hydrogens (primary N) is 1. The largest absolute Gasteiger partial charge is 0.497 e. The fourth-order valence-electron chi connectivity index (χ4n) is 5.83. The number of carbonyl (C=O) groups excluding carboxylic acids is 3. The van der Waals surface area contributed by atoms with E-state index in [-0.39, 0.29) is 23.4 Å². The third-order valence-electron chi connectivity index (χ3n) is 7.69. The van der Waals surface area contributed by atoms with Crippen LogP contribution < -0.4 is 15.4 Å². The molecule has 10 heteroatoms. The molecule has 0 aromatic heterocycles. The van der Waals surface area contributed by atoms with Gasteiger partial charge in [-0.1, -0.05) is 41.9 Å².